The van der Waals surface area contributed by atoms with Crippen LogP contribution >= 0.6 is 11.8 Å². The Morgan fingerprint density at radius 3 is 2.88 bits per heavy atom. The van der Waals surface area contributed by atoms with Gasteiger partial charge in [0.25, 0.3) is 5.91 Å². The molecule has 1 aromatic rings. The molecule has 24 heavy (non-hydrogen) atoms. The molecule has 130 valence electrons. The summed E-state index contributed by atoms with van der Waals surface area (Å²) < 4.78 is 5.13. The number of thioether (sulfide) groups is 1. The summed E-state index contributed by atoms with van der Waals surface area (Å²) in [4.78, 5) is 38.4. The van der Waals surface area contributed by atoms with E-state index in [-0.39, 0.29) is 24.8 Å². The molecule has 7 heteroatoms. The quantitative estimate of drug-likeness (QED) is 0.761. The Balaban J connectivity index is 1.88. The van der Waals surface area contributed by atoms with E-state index in [9.17, 15) is 14.4 Å². The van der Waals surface area contributed by atoms with E-state index in [2.05, 4.69) is 5.32 Å². The Morgan fingerprint density at radius 2 is 2.12 bits per heavy atom. The molecule has 0 aromatic heterocycles. The molecule has 0 spiro atoms. The molecule has 1 heterocycles. The summed E-state index contributed by atoms with van der Waals surface area (Å²) in [5.74, 6) is -0.457. The third-order valence-corrected chi connectivity index (χ3v) is 4.62. The lowest BCUT2D eigenvalue weighted by atomic mass is 10.2. The third kappa shape index (κ3) is 4.74. The first-order valence-electron chi connectivity index (χ1n) is 8.02. The van der Waals surface area contributed by atoms with Crippen molar-refractivity contribution in [1.82, 2.24) is 5.32 Å². The average molecular weight is 350 g/mol. The normalized spacial score (nSPS) is 14.8. The number of carbonyl (C=O) groups excluding carboxylic acids is 3. The van der Waals surface area contributed by atoms with Crippen LogP contribution in [0.1, 0.15) is 26.7 Å². The third-order valence-electron chi connectivity index (χ3n) is 3.57. The topological polar surface area (TPSA) is 75.7 Å². The predicted molar refractivity (Wildman–Crippen MR) is 93.0 cm³/mol. The first kappa shape index (κ1) is 18.3. The van der Waals surface area contributed by atoms with Gasteiger partial charge in [-0.1, -0.05) is 19.1 Å². The lowest BCUT2D eigenvalue weighted by Gasteiger charge is -2.28. The lowest BCUT2D eigenvalue weighted by molar-refractivity contribution is -0.154. The summed E-state index contributed by atoms with van der Waals surface area (Å²) in [5.41, 5.74) is 0.820. The second-order valence-electron chi connectivity index (χ2n) is 5.47. The number of amides is 2. The van der Waals surface area contributed by atoms with Crippen LogP contribution in [0.2, 0.25) is 0 Å². The number of para-hydroxylation sites is 1. The minimum atomic E-state index is -0.830. The maximum absolute atomic E-state index is 12.1. The fourth-order valence-electron chi connectivity index (χ4n) is 2.30. The average Bonchev–Trinajstić information content (AvgIpc) is 2.58. The Hall–Kier alpha value is -2.02. The van der Waals surface area contributed by atoms with Crippen LogP contribution in [0, 0.1) is 0 Å². The zero-order valence-electron chi connectivity index (χ0n) is 13.9. The van der Waals surface area contributed by atoms with Crippen LogP contribution in [-0.4, -0.2) is 42.7 Å². The van der Waals surface area contributed by atoms with Gasteiger partial charge >= 0.3 is 5.97 Å². The van der Waals surface area contributed by atoms with Crippen molar-refractivity contribution >= 4 is 35.2 Å². The van der Waals surface area contributed by atoms with Crippen LogP contribution in [0.15, 0.2) is 29.2 Å². The molecular weight excluding hydrogens is 328 g/mol. The van der Waals surface area contributed by atoms with Gasteiger partial charge in [-0.05, 0) is 25.5 Å². The van der Waals surface area contributed by atoms with Gasteiger partial charge in [0, 0.05) is 18.0 Å². The molecule has 0 saturated carbocycles. The number of esters is 1. The molecule has 1 aliphatic rings. The maximum atomic E-state index is 12.1. The number of hydrogen-bond acceptors (Lipinski definition) is 5. The van der Waals surface area contributed by atoms with Crippen LogP contribution < -0.4 is 10.2 Å². The summed E-state index contributed by atoms with van der Waals surface area (Å²) in [7, 11) is 0. The number of carbonyl (C=O) groups is 3. The molecule has 0 radical (unpaired) electrons. The van der Waals surface area contributed by atoms with Gasteiger partial charge in [0.2, 0.25) is 5.91 Å². The fourth-order valence-corrected chi connectivity index (χ4v) is 3.24. The molecule has 1 aromatic carbocycles. The van der Waals surface area contributed by atoms with Crippen molar-refractivity contribution in [3.05, 3.63) is 24.3 Å². The highest BCUT2D eigenvalue weighted by atomic mass is 32.2. The number of hydrogen-bond donors (Lipinski definition) is 1. The van der Waals surface area contributed by atoms with Gasteiger partial charge < -0.3 is 15.0 Å². The van der Waals surface area contributed by atoms with Crippen molar-refractivity contribution in [3.8, 4) is 0 Å². The molecule has 0 bridgehead atoms. The second kappa shape index (κ2) is 8.73. The van der Waals surface area contributed by atoms with Crippen molar-refractivity contribution in [1.29, 1.82) is 0 Å². The molecular formula is C17H22N2O4S. The van der Waals surface area contributed by atoms with E-state index in [0.29, 0.717) is 12.3 Å². The molecule has 1 N–H and O–H groups in total. The number of anilines is 1. The molecule has 0 unspecified atom stereocenters. The number of rotatable bonds is 7. The van der Waals surface area contributed by atoms with E-state index in [1.165, 1.54) is 11.8 Å². The van der Waals surface area contributed by atoms with Crippen LogP contribution in [-0.2, 0) is 19.1 Å². The van der Waals surface area contributed by atoms with Gasteiger partial charge in [0.05, 0.1) is 17.9 Å². The number of nitrogens with one attached hydrogen (secondary N) is 1. The zero-order chi connectivity index (χ0) is 17.5. The molecule has 6 nitrogen and oxygen atoms in total. The van der Waals surface area contributed by atoms with E-state index in [0.717, 1.165) is 17.0 Å². The Morgan fingerprint density at radius 1 is 1.38 bits per heavy atom. The first-order chi connectivity index (χ1) is 11.5. The lowest BCUT2D eigenvalue weighted by Crippen LogP contribution is -2.39. The highest BCUT2D eigenvalue weighted by Gasteiger charge is 2.25. The fraction of sp³-hybridized carbons (Fsp3) is 0.471. The largest absolute Gasteiger partial charge is 0.452 e. The standard InChI is InChI=1S/C17H22N2O4S/c1-3-9-18-17(22)12(2)23-16(21)8-10-19-13-6-4-5-7-14(13)24-11-15(19)20/h4-7,12H,3,8-11H2,1-2H3,(H,18,22)/t12-/m1/s1. The van der Waals surface area contributed by atoms with Gasteiger partial charge in [0.1, 0.15) is 0 Å². The van der Waals surface area contributed by atoms with Gasteiger partial charge in [-0.3, -0.25) is 14.4 Å². The Bertz CT molecular complexity index is 620. The number of nitrogens with zero attached hydrogens (tertiary/aromatic N) is 1. The highest BCUT2D eigenvalue weighted by Crippen LogP contribution is 2.34. The molecule has 0 fully saturated rings. The van der Waals surface area contributed by atoms with Crippen molar-refractivity contribution in [3.63, 3.8) is 0 Å². The predicted octanol–water partition coefficient (Wildman–Crippen LogP) is 1.97. The maximum Gasteiger partial charge on any atom is 0.308 e. The molecule has 1 atom stereocenters. The Kier molecular flexibility index (Phi) is 6.66. The van der Waals surface area contributed by atoms with E-state index in [1.54, 1.807) is 11.8 Å². The van der Waals surface area contributed by atoms with Crippen LogP contribution in [0.25, 0.3) is 0 Å². The van der Waals surface area contributed by atoms with Crippen molar-refractivity contribution in [2.45, 2.75) is 37.7 Å². The van der Waals surface area contributed by atoms with Gasteiger partial charge in [-0.25, -0.2) is 0 Å². The summed E-state index contributed by atoms with van der Waals surface area (Å²) in [6, 6.07) is 7.61. The van der Waals surface area contributed by atoms with Crippen LogP contribution in [0.5, 0.6) is 0 Å². The molecule has 0 aliphatic carbocycles. The Labute approximate surface area is 145 Å². The summed E-state index contributed by atoms with van der Waals surface area (Å²) in [5, 5.41) is 2.68. The van der Waals surface area contributed by atoms with Gasteiger partial charge in [0.15, 0.2) is 6.10 Å². The highest BCUT2D eigenvalue weighted by molar-refractivity contribution is 8.00. The first-order valence-corrected chi connectivity index (χ1v) is 9.01. The van der Waals surface area contributed by atoms with Gasteiger partial charge in [-0.2, -0.15) is 0 Å². The molecule has 1 aliphatic heterocycles. The summed E-state index contributed by atoms with van der Waals surface area (Å²) in [6.07, 6.45) is 0.0424. The monoisotopic (exact) mass is 350 g/mol. The van der Waals surface area contributed by atoms with Crippen molar-refractivity contribution < 1.29 is 19.1 Å². The van der Waals surface area contributed by atoms with E-state index < -0.39 is 12.1 Å². The van der Waals surface area contributed by atoms with Gasteiger partial charge in [-0.15, -0.1) is 11.8 Å². The number of ether oxygens (including phenoxy) is 1. The van der Waals surface area contributed by atoms with Crippen LogP contribution in [0.4, 0.5) is 5.69 Å². The minimum Gasteiger partial charge on any atom is -0.452 e. The second-order valence-corrected chi connectivity index (χ2v) is 6.49. The number of fused-ring (bicyclic) bond motifs is 1. The SMILES string of the molecule is CCCNC(=O)[C@@H](C)OC(=O)CCN1C(=O)CSc2ccccc21. The smallest absolute Gasteiger partial charge is 0.308 e. The van der Waals surface area contributed by atoms with E-state index >= 15 is 0 Å². The molecule has 2 amide bonds. The summed E-state index contributed by atoms with van der Waals surface area (Å²) >= 11 is 1.50. The number of benzene rings is 1. The van der Waals surface area contributed by atoms with Crippen LogP contribution in [0.3, 0.4) is 0 Å². The van der Waals surface area contributed by atoms with E-state index in [1.807, 2.05) is 31.2 Å². The molecule has 0 saturated heterocycles. The minimum absolute atomic E-state index is 0.0276. The van der Waals surface area contributed by atoms with E-state index in [4.69, 9.17) is 4.74 Å². The molecule has 2 rings (SSSR count). The zero-order valence-corrected chi connectivity index (χ0v) is 14.7. The van der Waals surface area contributed by atoms with Crippen molar-refractivity contribution in [2.75, 3.05) is 23.7 Å². The summed E-state index contributed by atoms with van der Waals surface area (Å²) in [6.45, 7) is 4.29. The van der Waals surface area contributed by atoms with Crippen molar-refractivity contribution in [2.24, 2.45) is 0 Å².